The molecule has 36 heavy (non-hydrogen) atoms. The van der Waals surface area contributed by atoms with E-state index in [1.807, 2.05) is 30.3 Å². The van der Waals surface area contributed by atoms with Crippen LogP contribution in [0.25, 0.3) is 11.3 Å². The van der Waals surface area contributed by atoms with Crippen molar-refractivity contribution in [2.45, 2.75) is 24.9 Å². The zero-order valence-corrected chi connectivity index (χ0v) is 20.2. The summed E-state index contributed by atoms with van der Waals surface area (Å²) in [6.07, 6.45) is -0.639. The fourth-order valence-electron chi connectivity index (χ4n) is 4.93. The van der Waals surface area contributed by atoms with Gasteiger partial charge in [-0.05, 0) is 42.2 Å². The van der Waals surface area contributed by atoms with Crippen molar-refractivity contribution in [1.82, 2.24) is 10.3 Å². The van der Waals surface area contributed by atoms with Crippen LogP contribution in [0.3, 0.4) is 0 Å². The molecule has 2 unspecified atom stereocenters. The lowest BCUT2D eigenvalue weighted by Crippen LogP contribution is -2.29. The fraction of sp³-hybridized carbons (Fsp3) is 0.250. The van der Waals surface area contributed by atoms with Crippen LogP contribution in [-0.4, -0.2) is 43.1 Å². The highest BCUT2D eigenvalue weighted by atomic mass is 16.5. The van der Waals surface area contributed by atoms with E-state index in [0.29, 0.717) is 40.6 Å². The van der Waals surface area contributed by atoms with Crippen LogP contribution in [-0.2, 0) is 4.79 Å². The first kappa shape index (κ1) is 23.6. The minimum Gasteiger partial charge on any atom is -0.493 e. The third-order valence-electron chi connectivity index (χ3n) is 6.71. The first-order valence-electron chi connectivity index (χ1n) is 11.6. The molecule has 2 aliphatic rings. The number of methoxy groups -OCH3 is 3. The molecule has 8 nitrogen and oxygen atoms in total. The van der Waals surface area contributed by atoms with E-state index < -0.39 is 12.0 Å². The van der Waals surface area contributed by atoms with Crippen LogP contribution in [0.4, 0.5) is 0 Å². The number of allylic oxidation sites excluding steroid dienone is 1. The van der Waals surface area contributed by atoms with E-state index in [0.717, 1.165) is 5.56 Å². The molecule has 8 heteroatoms. The number of Topliss-reactive ketones (excluding diaryl/α,β-unsaturated/α-hetero) is 1. The smallest absolute Gasteiger partial charge is 0.257 e. The van der Waals surface area contributed by atoms with E-state index >= 15 is 0 Å². The zero-order valence-electron chi connectivity index (χ0n) is 20.2. The van der Waals surface area contributed by atoms with Crippen molar-refractivity contribution in [2.24, 2.45) is 0 Å². The van der Waals surface area contributed by atoms with Crippen LogP contribution in [0.5, 0.6) is 17.2 Å². The van der Waals surface area contributed by atoms with Gasteiger partial charge in [-0.15, -0.1) is 0 Å². The number of hydrogen-bond donors (Lipinski definition) is 2. The van der Waals surface area contributed by atoms with Gasteiger partial charge >= 0.3 is 0 Å². The summed E-state index contributed by atoms with van der Waals surface area (Å²) < 4.78 is 16.3. The van der Waals surface area contributed by atoms with Crippen LogP contribution in [0.2, 0.25) is 0 Å². The Morgan fingerprint density at radius 1 is 0.917 bits per heavy atom. The number of amides is 1. The van der Waals surface area contributed by atoms with E-state index in [4.69, 9.17) is 14.2 Å². The van der Waals surface area contributed by atoms with E-state index in [1.165, 1.54) is 21.3 Å². The molecule has 0 spiro atoms. The lowest BCUT2D eigenvalue weighted by molar-refractivity contribution is -0.117. The van der Waals surface area contributed by atoms with Gasteiger partial charge in [0.15, 0.2) is 17.3 Å². The van der Waals surface area contributed by atoms with Crippen molar-refractivity contribution >= 4 is 11.7 Å². The number of hydrogen-bond acceptors (Lipinski definition) is 7. The molecule has 2 heterocycles. The van der Waals surface area contributed by atoms with E-state index in [-0.39, 0.29) is 35.0 Å². The second kappa shape index (κ2) is 9.47. The number of aromatic nitrogens is 1. The van der Waals surface area contributed by atoms with Gasteiger partial charge in [0.2, 0.25) is 5.75 Å². The number of aliphatic hydroxyl groups excluding tert-OH is 1. The first-order valence-corrected chi connectivity index (χ1v) is 11.6. The largest absolute Gasteiger partial charge is 0.493 e. The highest BCUT2D eigenvalue weighted by Crippen LogP contribution is 2.43. The summed E-state index contributed by atoms with van der Waals surface area (Å²) in [7, 11) is 4.56. The molecule has 3 aromatic rings. The Labute approximate surface area is 208 Å². The topological polar surface area (TPSA) is 107 Å². The third-order valence-corrected chi connectivity index (χ3v) is 6.71. The number of ether oxygens (including phenoxy) is 3. The summed E-state index contributed by atoms with van der Waals surface area (Å²) in [6, 6.07) is 16.5. The van der Waals surface area contributed by atoms with Crippen LogP contribution < -0.4 is 19.5 Å². The summed E-state index contributed by atoms with van der Waals surface area (Å²) in [6.45, 7) is 0. The summed E-state index contributed by atoms with van der Waals surface area (Å²) in [5.74, 6) is 0.648. The highest BCUT2D eigenvalue weighted by molar-refractivity contribution is 6.04. The summed E-state index contributed by atoms with van der Waals surface area (Å²) in [4.78, 5) is 31.0. The quantitative estimate of drug-likeness (QED) is 0.562. The molecule has 0 saturated carbocycles. The molecule has 2 aromatic carbocycles. The number of carbonyl (C=O) groups is 2. The van der Waals surface area contributed by atoms with Gasteiger partial charge < -0.3 is 24.6 Å². The Kier molecular flexibility index (Phi) is 6.20. The average molecular weight is 487 g/mol. The minimum absolute atomic E-state index is 0.0751. The second-order valence-corrected chi connectivity index (χ2v) is 8.73. The number of rotatable bonds is 5. The maximum atomic E-state index is 13.2. The van der Waals surface area contributed by atoms with Crippen LogP contribution in [0, 0.1) is 0 Å². The molecule has 1 aliphatic heterocycles. The van der Waals surface area contributed by atoms with Crippen LogP contribution >= 0.6 is 0 Å². The van der Waals surface area contributed by atoms with E-state index in [9.17, 15) is 14.7 Å². The molecule has 0 fully saturated rings. The standard InChI is InChI=1S/C28H26N2O6/c1-34-22-13-17(14-23(35-2)27(22)36-3)19-10-9-18-25(29-19)26(32)24-20(30-28(18)33)11-16(12-21(24)31)15-7-5-4-6-8-15/h4-10,13-14,16,26,32H,11-12H2,1-3H3,(H,30,33). The summed E-state index contributed by atoms with van der Waals surface area (Å²) in [5.41, 5.74) is 3.14. The summed E-state index contributed by atoms with van der Waals surface area (Å²) in [5, 5.41) is 14.2. The van der Waals surface area contributed by atoms with Crippen LogP contribution in [0.15, 0.2) is 65.9 Å². The van der Waals surface area contributed by atoms with E-state index in [2.05, 4.69) is 10.3 Å². The molecule has 2 N–H and O–H groups in total. The SMILES string of the molecule is COc1cc(-c2ccc3c(n2)C(O)C2=C(CC(c4ccccc4)CC2=O)NC3=O)cc(OC)c1OC. The number of fused-ring (bicyclic) bond motifs is 1. The molecular formula is C28H26N2O6. The fourth-order valence-corrected chi connectivity index (χ4v) is 4.93. The molecule has 0 saturated heterocycles. The van der Waals surface area contributed by atoms with Crippen molar-refractivity contribution in [3.05, 3.63) is 82.7 Å². The molecule has 5 rings (SSSR count). The maximum absolute atomic E-state index is 13.2. The molecule has 0 bridgehead atoms. The number of pyridine rings is 1. The Balaban J connectivity index is 1.57. The number of benzene rings is 2. The van der Waals surface area contributed by atoms with Crippen molar-refractivity contribution in [3.63, 3.8) is 0 Å². The minimum atomic E-state index is -1.33. The molecule has 184 valence electrons. The number of carbonyl (C=O) groups excluding carboxylic acids is 2. The normalized spacial score (nSPS) is 19.1. The molecular weight excluding hydrogens is 460 g/mol. The van der Waals surface area contributed by atoms with Crippen molar-refractivity contribution in [1.29, 1.82) is 0 Å². The Bertz CT molecular complexity index is 1360. The molecule has 1 amide bonds. The Morgan fingerprint density at radius 2 is 1.61 bits per heavy atom. The number of nitrogens with one attached hydrogen (secondary N) is 1. The monoisotopic (exact) mass is 486 g/mol. The third kappa shape index (κ3) is 3.99. The lowest BCUT2D eigenvalue weighted by atomic mass is 9.80. The van der Waals surface area contributed by atoms with Gasteiger partial charge in [-0.25, -0.2) is 4.98 Å². The molecule has 1 aromatic heterocycles. The molecule has 0 radical (unpaired) electrons. The highest BCUT2D eigenvalue weighted by Gasteiger charge is 2.38. The number of nitrogens with zero attached hydrogens (tertiary/aromatic N) is 1. The zero-order chi connectivity index (χ0) is 25.4. The molecule has 2 atom stereocenters. The van der Waals surface area contributed by atoms with E-state index in [1.54, 1.807) is 24.3 Å². The predicted octanol–water partition coefficient (Wildman–Crippen LogP) is 3.95. The van der Waals surface area contributed by atoms with Crippen molar-refractivity contribution in [2.75, 3.05) is 21.3 Å². The number of aliphatic hydroxyl groups is 1. The van der Waals surface area contributed by atoms with Gasteiger partial charge in [0.1, 0.15) is 6.10 Å². The van der Waals surface area contributed by atoms with Crippen molar-refractivity contribution in [3.8, 4) is 28.5 Å². The van der Waals surface area contributed by atoms with Gasteiger partial charge in [-0.1, -0.05) is 30.3 Å². The average Bonchev–Trinajstić information content (AvgIpc) is 3.01. The maximum Gasteiger partial charge on any atom is 0.257 e. The summed E-state index contributed by atoms with van der Waals surface area (Å²) >= 11 is 0. The van der Waals surface area contributed by atoms with Crippen LogP contribution in [0.1, 0.15) is 46.5 Å². The van der Waals surface area contributed by atoms with Gasteiger partial charge in [0.25, 0.3) is 5.91 Å². The first-order chi connectivity index (χ1) is 17.4. The van der Waals surface area contributed by atoms with Crippen molar-refractivity contribution < 1.29 is 28.9 Å². The van der Waals surface area contributed by atoms with Gasteiger partial charge in [-0.2, -0.15) is 0 Å². The second-order valence-electron chi connectivity index (χ2n) is 8.73. The lowest BCUT2D eigenvalue weighted by Gasteiger charge is -2.27. The molecule has 1 aliphatic carbocycles. The van der Waals surface area contributed by atoms with Gasteiger partial charge in [0, 0.05) is 23.3 Å². The predicted molar refractivity (Wildman–Crippen MR) is 132 cm³/mol. The Morgan fingerprint density at radius 3 is 2.25 bits per heavy atom. The Hall–Kier alpha value is -4.17. The number of ketones is 1. The van der Waals surface area contributed by atoms with Gasteiger partial charge in [0.05, 0.1) is 38.3 Å². The van der Waals surface area contributed by atoms with Gasteiger partial charge in [-0.3, -0.25) is 9.59 Å².